The van der Waals surface area contributed by atoms with Gasteiger partial charge in [-0.25, -0.2) is 0 Å². The Labute approximate surface area is 121 Å². The molecule has 0 radical (unpaired) electrons. The van der Waals surface area contributed by atoms with Crippen molar-refractivity contribution < 1.29 is 4.79 Å². The number of amides is 1. The molecule has 1 N–H and O–H groups in total. The number of thioether (sulfide) groups is 1. The van der Waals surface area contributed by atoms with Crippen molar-refractivity contribution in [1.29, 1.82) is 0 Å². The molecule has 0 aliphatic heterocycles. The number of rotatable bonds is 4. The van der Waals surface area contributed by atoms with Gasteiger partial charge in [0.1, 0.15) is 0 Å². The van der Waals surface area contributed by atoms with Crippen molar-refractivity contribution in [3.05, 3.63) is 19.2 Å². The van der Waals surface area contributed by atoms with E-state index in [-0.39, 0.29) is 10.7 Å². The van der Waals surface area contributed by atoms with Crippen LogP contribution in [0.25, 0.3) is 0 Å². The summed E-state index contributed by atoms with van der Waals surface area (Å²) in [5.41, 5.74) is 0.689. The Bertz CT molecular complexity index is 390. The Hall–Kier alpha value is 0.480. The number of carbonyl (C=O) groups is 1. The van der Waals surface area contributed by atoms with Crippen LogP contribution in [-0.4, -0.2) is 23.5 Å². The second-order valence-corrected chi connectivity index (χ2v) is 9.15. The third-order valence-corrected chi connectivity index (χ3v) is 5.72. The zero-order chi connectivity index (χ0) is 12.3. The molecule has 0 saturated heterocycles. The second kappa shape index (κ2) is 5.89. The van der Waals surface area contributed by atoms with Gasteiger partial charge in [-0.1, -0.05) is 0 Å². The van der Waals surface area contributed by atoms with E-state index in [4.69, 9.17) is 0 Å². The number of hydrogen-bond donors (Lipinski definition) is 1. The average molecular weight is 387 g/mol. The SMILES string of the molecule is CSC(C)(C)CNC(=O)c1cc(Br)sc1Br. The second-order valence-electron chi connectivity index (χ2n) is 3.88. The summed E-state index contributed by atoms with van der Waals surface area (Å²) in [7, 11) is 0. The molecule has 1 rings (SSSR count). The minimum absolute atomic E-state index is 0.0315. The molecule has 90 valence electrons. The Morgan fingerprint density at radius 2 is 2.19 bits per heavy atom. The van der Waals surface area contributed by atoms with E-state index in [1.165, 1.54) is 11.3 Å². The summed E-state index contributed by atoms with van der Waals surface area (Å²) in [6, 6.07) is 1.83. The smallest absolute Gasteiger partial charge is 0.253 e. The molecular weight excluding hydrogens is 374 g/mol. The molecule has 0 aliphatic rings. The van der Waals surface area contributed by atoms with Gasteiger partial charge in [-0.3, -0.25) is 4.79 Å². The van der Waals surface area contributed by atoms with E-state index in [9.17, 15) is 4.79 Å². The molecule has 0 fully saturated rings. The van der Waals surface area contributed by atoms with Gasteiger partial charge < -0.3 is 5.32 Å². The Morgan fingerprint density at radius 1 is 1.56 bits per heavy atom. The Morgan fingerprint density at radius 3 is 2.62 bits per heavy atom. The van der Waals surface area contributed by atoms with Crippen LogP contribution in [0.2, 0.25) is 0 Å². The van der Waals surface area contributed by atoms with Crippen LogP contribution in [0, 0.1) is 0 Å². The molecule has 0 saturated carbocycles. The van der Waals surface area contributed by atoms with Crippen LogP contribution < -0.4 is 5.32 Å². The van der Waals surface area contributed by atoms with Crippen molar-refractivity contribution >= 4 is 60.9 Å². The lowest BCUT2D eigenvalue weighted by atomic mass is 10.2. The molecular formula is C10H13Br2NOS2. The first kappa shape index (κ1) is 14.5. The summed E-state index contributed by atoms with van der Waals surface area (Å²) in [5.74, 6) is -0.0315. The van der Waals surface area contributed by atoms with Gasteiger partial charge >= 0.3 is 0 Å². The minimum atomic E-state index is -0.0315. The Kier molecular flexibility index (Phi) is 5.35. The zero-order valence-corrected chi connectivity index (χ0v) is 14.1. The van der Waals surface area contributed by atoms with Crippen molar-refractivity contribution in [1.82, 2.24) is 5.32 Å². The maximum absolute atomic E-state index is 11.9. The highest BCUT2D eigenvalue weighted by atomic mass is 79.9. The predicted molar refractivity (Wildman–Crippen MR) is 79.6 cm³/mol. The van der Waals surface area contributed by atoms with Crippen molar-refractivity contribution in [2.24, 2.45) is 0 Å². The molecule has 2 nitrogen and oxygen atoms in total. The van der Waals surface area contributed by atoms with Gasteiger partial charge in [0.25, 0.3) is 5.91 Å². The summed E-state index contributed by atoms with van der Waals surface area (Å²) in [5, 5.41) is 2.94. The zero-order valence-electron chi connectivity index (χ0n) is 9.27. The number of carbonyl (C=O) groups excluding carboxylic acids is 1. The van der Waals surface area contributed by atoms with Crippen LogP contribution in [0.4, 0.5) is 0 Å². The van der Waals surface area contributed by atoms with E-state index < -0.39 is 0 Å². The number of halogens is 2. The Balaban J connectivity index is 2.63. The molecule has 0 aliphatic carbocycles. The third kappa shape index (κ3) is 4.05. The van der Waals surface area contributed by atoms with Crippen LogP contribution >= 0.6 is 55.0 Å². The van der Waals surface area contributed by atoms with Gasteiger partial charge in [0.05, 0.1) is 13.1 Å². The van der Waals surface area contributed by atoms with E-state index in [1.807, 2.05) is 12.3 Å². The van der Waals surface area contributed by atoms with E-state index in [1.54, 1.807) is 11.8 Å². The fraction of sp³-hybridized carbons (Fsp3) is 0.500. The number of nitrogens with one attached hydrogen (secondary N) is 1. The first-order valence-corrected chi connectivity index (χ1v) is 8.26. The van der Waals surface area contributed by atoms with Crippen molar-refractivity contribution in [2.45, 2.75) is 18.6 Å². The van der Waals surface area contributed by atoms with Gasteiger partial charge in [0.15, 0.2) is 0 Å². The molecule has 0 bridgehead atoms. The van der Waals surface area contributed by atoms with Crippen LogP contribution in [0.3, 0.4) is 0 Å². The molecule has 1 aromatic rings. The van der Waals surface area contributed by atoms with Crippen molar-refractivity contribution in [3.63, 3.8) is 0 Å². The van der Waals surface area contributed by atoms with Gasteiger partial charge in [-0.2, -0.15) is 11.8 Å². The van der Waals surface area contributed by atoms with E-state index in [0.29, 0.717) is 12.1 Å². The average Bonchev–Trinajstić information content (AvgIpc) is 2.54. The lowest BCUT2D eigenvalue weighted by Crippen LogP contribution is -2.36. The van der Waals surface area contributed by atoms with E-state index in [0.717, 1.165) is 7.57 Å². The minimum Gasteiger partial charge on any atom is -0.351 e. The quantitative estimate of drug-likeness (QED) is 0.842. The van der Waals surface area contributed by atoms with Gasteiger partial charge in [-0.15, -0.1) is 11.3 Å². The molecule has 16 heavy (non-hydrogen) atoms. The summed E-state index contributed by atoms with van der Waals surface area (Å²) < 4.78 is 1.88. The first-order chi connectivity index (χ1) is 7.35. The van der Waals surface area contributed by atoms with Gasteiger partial charge in [-0.05, 0) is 58.0 Å². The lowest BCUT2D eigenvalue weighted by Gasteiger charge is -2.22. The molecule has 1 aromatic heterocycles. The number of hydrogen-bond acceptors (Lipinski definition) is 3. The highest BCUT2D eigenvalue weighted by Crippen LogP contribution is 2.31. The third-order valence-electron chi connectivity index (χ3n) is 2.13. The molecule has 1 amide bonds. The fourth-order valence-corrected chi connectivity index (χ4v) is 3.97. The summed E-state index contributed by atoms with van der Waals surface area (Å²) in [6.07, 6.45) is 2.04. The van der Waals surface area contributed by atoms with E-state index in [2.05, 4.69) is 51.0 Å². The first-order valence-electron chi connectivity index (χ1n) is 4.64. The summed E-state index contributed by atoms with van der Waals surface area (Å²) in [6.45, 7) is 4.87. The maximum Gasteiger partial charge on any atom is 0.253 e. The normalized spacial score (nSPS) is 11.6. The number of thiophene rings is 1. The molecule has 0 spiro atoms. The molecule has 0 aromatic carbocycles. The van der Waals surface area contributed by atoms with E-state index >= 15 is 0 Å². The topological polar surface area (TPSA) is 29.1 Å². The monoisotopic (exact) mass is 385 g/mol. The van der Waals surface area contributed by atoms with Crippen LogP contribution in [0.15, 0.2) is 13.6 Å². The van der Waals surface area contributed by atoms with Crippen LogP contribution in [0.1, 0.15) is 24.2 Å². The molecule has 1 heterocycles. The predicted octanol–water partition coefficient (Wildman–Crippen LogP) is 4.14. The van der Waals surface area contributed by atoms with Crippen molar-refractivity contribution in [2.75, 3.05) is 12.8 Å². The fourth-order valence-electron chi connectivity index (χ4n) is 0.956. The summed E-state index contributed by atoms with van der Waals surface area (Å²) >= 11 is 9.98. The summed E-state index contributed by atoms with van der Waals surface area (Å²) in [4.78, 5) is 11.9. The highest BCUT2D eigenvalue weighted by Gasteiger charge is 2.19. The highest BCUT2D eigenvalue weighted by molar-refractivity contribution is 9.12. The lowest BCUT2D eigenvalue weighted by molar-refractivity contribution is 0.0950. The van der Waals surface area contributed by atoms with Crippen LogP contribution in [-0.2, 0) is 0 Å². The van der Waals surface area contributed by atoms with Gasteiger partial charge in [0.2, 0.25) is 0 Å². The van der Waals surface area contributed by atoms with Crippen molar-refractivity contribution in [3.8, 4) is 0 Å². The van der Waals surface area contributed by atoms with Gasteiger partial charge in [0, 0.05) is 11.3 Å². The standard InChI is InChI=1S/C10H13Br2NOS2/c1-10(2,15-3)5-13-9(14)6-4-7(11)16-8(6)12/h4H,5H2,1-3H3,(H,13,14). The molecule has 0 atom stereocenters. The van der Waals surface area contributed by atoms with Crippen LogP contribution in [0.5, 0.6) is 0 Å². The molecule has 0 unspecified atom stereocenters. The molecule has 6 heteroatoms. The maximum atomic E-state index is 11.9. The largest absolute Gasteiger partial charge is 0.351 e.